The molecule has 0 rings (SSSR count). The van der Waals surface area contributed by atoms with Crippen LogP contribution in [0.5, 0.6) is 0 Å². The second-order valence-electron chi connectivity index (χ2n) is 4.09. The Balaban J connectivity index is 3.78. The molecule has 112 valence electrons. The van der Waals surface area contributed by atoms with Crippen LogP contribution in [0.15, 0.2) is 0 Å². The maximum absolute atomic E-state index is 11.3. The van der Waals surface area contributed by atoms with Crippen LogP contribution in [0.4, 0.5) is 0 Å². The van der Waals surface area contributed by atoms with Gasteiger partial charge < -0.3 is 21.9 Å². The lowest BCUT2D eigenvalue weighted by Crippen LogP contribution is -2.45. The van der Waals surface area contributed by atoms with E-state index in [0.717, 1.165) is 0 Å². The minimum atomic E-state index is -4.29. The molecule has 7 N–H and O–H groups in total. The Bertz CT molecular complexity index is 410. The lowest BCUT2D eigenvalue weighted by atomic mass is 10.1. The quantitative estimate of drug-likeness (QED) is 0.238. The lowest BCUT2D eigenvalue weighted by molar-refractivity contribution is -0.138. The van der Waals surface area contributed by atoms with Gasteiger partial charge in [-0.15, -0.1) is 0 Å². The van der Waals surface area contributed by atoms with Gasteiger partial charge in [0.2, 0.25) is 5.91 Å². The van der Waals surface area contributed by atoms with Crippen LogP contribution < -0.4 is 16.8 Å². The number of nitrogens with two attached hydrogens (primary N) is 2. The summed E-state index contributed by atoms with van der Waals surface area (Å²) in [5.41, 5.74) is 10.5. The van der Waals surface area contributed by atoms with Gasteiger partial charge in [0.1, 0.15) is 12.1 Å². The van der Waals surface area contributed by atoms with Crippen LogP contribution in [0, 0.1) is 0 Å². The molecule has 2 unspecified atom stereocenters. The highest BCUT2D eigenvalue weighted by atomic mass is 32.2. The Morgan fingerprint density at radius 2 is 1.74 bits per heavy atom. The normalized spacial score (nSPS) is 14.7. The van der Waals surface area contributed by atoms with Crippen LogP contribution in [0.25, 0.3) is 0 Å². The molecule has 0 aromatic rings. The Morgan fingerprint density at radius 1 is 1.16 bits per heavy atom. The third kappa shape index (κ3) is 9.36. The molecular formula is C9H19N3O6S. The average Bonchev–Trinajstić information content (AvgIpc) is 2.25. The van der Waals surface area contributed by atoms with Gasteiger partial charge in [-0.3, -0.25) is 14.1 Å². The molecule has 0 bridgehead atoms. The van der Waals surface area contributed by atoms with Crippen LogP contribution in [0.2, 0.25) is 0 Å². The molecule has 0 spiro atoms. The number of hydrogen-bond acceptors (Lipinski definition) is 6. The molecule has 9 nitrogen and oxygen atoms in total. The van der Waals surface area contributed by atoms with Crippen molar-refractivity contribution >= 4 is 22.0 Å². The summed E-state index contributed by atoms with van der Waals surface area (Å²) >= 11 is 0. The summed E-state index contributed by atoms with van der Waals surface area (Å²) in [5.74, 6) is -2.62. The average molecular weight is 297 g/mol. The number of hydrogen-bond donors (Lipinski definition) is 5. The predicted octanol–water partition coefficient (Wildman–Crippen LogP) is -2.10. The number of carbonyl (C=O) groups excluding carboxylic acids is 1. The molecule has 1 amide bonds. The molecule has 0 heterocycles. The van der Waals surface area contributed by atoms with Gasteiger partial charge in [0.15, 0.2) is 0 Å². The van der Waals surface area contributed by atoms with Gasteiger partial charge in [-0.1, -0.05) is 0 Å². The summed E-state index contributed by atoms with van der Waals surface area (Å²) in [7, 11) is -4.29. The van der Waals surface area contributed by atoms with E-state index in [-0.39, 0.29) is 13.0 Å². The number of unbranched alkanes of at least 4 members (excludes halogenated alkanes) is 1. The summed E-state index contributed by atoms with van der Waals surface area (Å²) in [4.78, 5) is 21.7. The molecule has 0 saturated heterocycles. The summed E-state index contributed by atoms with van der Waals surface area (Å²) in [5, 5.41) is 10.9. The summed E-state index contributed by atoms with van der Waals surface area (Å²) in [6.45, 7) is 0.227. The van der Waals surface area contributed by atoms with Crippen molar-refractivity contribution in [3.05, 3.63) is 0 Å². The predicted molar refractivity (Wildman–Crippen MR) is 66.9 cm³/mol. The minimum absolute atomic E-state index is 0.227. The molecule has 0 fully saturated rings. The largest absolute Gasteiger partial charge is 0.480 e. The molecule has 0 radical (unpaired) electrons. The molecule has 0 aromatic carbocycles. The van der Waals surface area contributed by atoms with Crippen molar-refractivity contribution in [3.8, 4) is 0 Å². The number of carboxylic acid groups (broad SMARTS) is 1. The van der Waals surface area contributed by atoms with E-state index in [2.05, 4.69) is 5.32 Å². The van der Waals surface area contributed by atoms with Gasteiger partial charge in [0.05, 0.1) is 5.75 Å². The lowest BCUT2D eigenvalue weighted by Gasteiger charge is -2.11. The van der Waals surface area contributed by atoms with Gasteiger partial charge in [0, 0.05) is 6.54 Å². The van der Waals surface area contributed by atoms with E-state index in [9.17, 15) is 18.0 Å². The minimum Gasteiger partial charge on any atom is -0.480 e. The fraction of sp³-hybridized carbons (Fsp3) is 0.778. The van der Waals surface area contributed by atoms with Crippen LogP contribution in [-0.2, 0) is 19.7 Å². The van der Waals surface area contributed by atoms with Crippen molar-refractivity contribution in [2.24, 2.45) is 11.5 Å². The van der Waals surface area contributed by atoms with Crippen molar-refractivity contribution in [1.29, 1.82) is 0 Å². The molecule has 0 aliphatic heterocycles. The third-order valence-corrected chi connectivity index (χ3v) is 3.07. The molecule has 0 aliphatic rings. The molecule has 0 aliphatic carbocycles. The molecule has 19 heavy (non-hydrogen) atoms. The van der Waals surface area contributed by atoms with Gasteiger partial charge in [-0.2, -0.15) is 8.42 Å². The third-order valence-electron chi connectivity index (χ3n) is 2.29. The fourth-order valence-electron chi connectivity index (χ4n) is 1.26. The molecule has 2 atom stereocenters. The van der Waals surface area contributed by atoms with E-state index >= 15 is 0 Å². The van der Waals surface area contributed by atoms with Crippen molar-refractivity contribution in [1.82, 2.24) is 5.32 Å². The standard InChI is InChI=1S/C9H19N3O6S/c10-6(9(14)15)3-1-2-4-12-8(13)7(11)5-19(16,17)18/h6-7H,1-5,10-11H2,(H,12,13)(H,14,15)(H,16,17,18). The molecular weight excluding hydrogens is 278 g/mol. The summed E-state index contributed by atoms with van der Waals surface area (Å²) < 4.78 is 29.5. The number of carbonyl (C=O) groups is 2. The van der Waals surface area contributed by atoms with E-state index in [1.165, 1.54) is 0 Å². The zero-order valence-electron chi connectivity index (χ0n) is 10.3. The second-order valence-corrected chi connectivity index (χ2v) is 5.58. The van der Waals surface area contributed by atoms with Crippen molar-refractivity contribution < 1.29 is 27.7 Å². The zero-order chi connectivity index (χ0) is 15.1. The monoisotopic (exact) mass is 297 g/mol. The first kappa shape index (κ1) is 17.8. The Labute approximate surface area is 111 Å². The maximum Gasteiger partial charge on any atom is 0.320 e. The summed E-state index contributed by atoms with van der Waals surface area (Å²) in [6.07, 6.45) is 1.27. The summed E-state index contributed by atoms with van der Waals surface area (Å²) in [6, 6.07) is -2.27. The van der Waals surface area contributed by atoms with Crippen molar-refractivity contribution in [3.63, 3.8) is 0 Å². The number of rotatable bonds is 9. The smallest absolute Gasteiger partial charge is 0.320 e. The van der Waals surface area contributed by atoms with Gasteiger partial charge in [0.25, 0.3) is 10.1 Å². The zero-order valence-corrected chi connectivity index (χ0v) is 11.1. The second kappa shape index (κ2) is 8.04. The Kier molecular flexibility index (Phi) is 7.52. The van der Waals surface area contributed by atoms with E-state index in [4.69, 9.17) is 21.1 Å². The van der Waals surface area contributed by atoms with Crippen molar-refractivity contribution in [2.45, 2.75) is 31.3 Å². The number of aliphatic carboxylic acids is 1. The number of carboxylic acids is 1. The highest BCUT2D eigenvalue weighted by Gasteiger charge is 2.19. The van der Waals surface area contributed by atoms with Crippen LogP contribution >= 0.6 is 0 Å². The van der Waals surface area contributed by atoms with E-state index in [1.807, 2.05) is 0 Å². The fourth-order valence-corrected chi connectivity index (χ4v) is 1.86. The van der Waals surface area contributed by atoms with Crippen LogP contribution in [0.3, 0.4) is 0 Å². The van der Waals surface area contributed by atoms with Crippen molar-refractivity contribution in [2.75, 3.05) is 12.3 Å². The Hall–Kier alpha value is -1.23. The molecule has 10 heteroatoms. The highest BCUT2D eigenvalue weighted by Crippen LogP contribution is 1.98. The van der Waals surface area contributed by atoms with E-state index < -0.39 is 39.8 Å². The SMILES string of the molecule is NC(CCCCNC(=O)C(N)CS(=O)(=O)O)C(=O)O. The van der Waals surface area contributed by atoms with Crippen LogP contribution in [0.1, 0.15) is 19.3 Å². The van der Waals surface area contributed by atoms with Gasteiger partial charge in [-0.25, -0.2) is 0 Å². The first-order valence-electron chi connectivity index (χ1n) is 5.60. The maximum atomic E-state index is 11.3. The van der Waals surface area contributed by atoms with Crippen LogP contribution in [-0.4, -0.2) is 54.3 Å². The van der Waals surface area contributed by atoms with Gasteiger partial charge in [-0.05, 0) is 19.3 Å². The number of nitrogens with one attached hydrogen (secondary N) is 1. The first-order valence-corrected chi connectivity index (χ1v) is 7.21. The first-order chi connectivity index (χ1) is 8.63. The molecule has 0 saturated carbocycles. The van der Waals surface area contributed by atoms with Gasteiger partial charge >= 0.3 is 5.97 Å². The number of amides is 1. The Morgan fingerprint density at radius 3 is 2.21 bits per heavy atom. The molecule has 0 aromatic heterocycles. The highest BCUT2D eigenvalue weighted by molar-refractivity contribution is 7.85. The topological polar surface area (TPSA) is 173 Å². The van der Waals surface area contributed by atoms with E-state index in [1.54, 1.807) is 0 Å². The van der Waals surface area contributed by atoms with E-state index in [0.29, 0.717) is 12.8 Å².